The highest BCUT2D eigenvalue weighted by Crippen LogP contribution is 2.24. The first-order chi connectivity index (χ1) is 21.7. The number of alkyl halides is 3. The van der Waals surface area contributed by atoms with E-state index in [0.29, 0.717) is 25.7 Å². The number of nitrogens with two attached hydrogens (primary N) is 1. The number of halogens is 3. The SMILES string of the molecule is CCC(CCN(C)CC1=CC=C(C#N)CCC1)N1CCN(c2nc(N)c(C(=O)NCCNS(=O)(=O)C(F)(F)F)[nH]c2=O)CC1CC. The largest absolute Gasteiger partial charge is 0.511 e. The van der Waals surface area contributed by atoms with E-state index in [2.05, 4.69) is 58.1 Å². The van der Waals surface area contributed by atoms with Gasteiger partial charge in [-0.25, -0.2) is 18.1 Å². The van der Waals surface area contributed by atoms with Crippen LogP contribution in [0.3, 0.4) is 0 Å². The Hall–Kier alpha value is -3.46. The summed E-state index contributed by atoms with van der Waals surface area (Å²) in [7, 11) is -3.43. The molecule has 17 heteroatoms. The molecule has 2 heterocycles. The molecular weight excluding hydrogens is 627 g/mol. The first kappa shape index (κ1) is 37.0. The number of nitriles is 1. The number of anilines is 2. The van der Waals surface area contributed by atoms with Crippen molar-refractivity contribution in [3.05, 3.63) is 39.3 Å². The number of nitrogen functional groups attached to an aromatic ring is 1. The van der Waals surface area contributed by atoms with Gasteiger partial charge in [-0.15, -0.1) is 0 Å². The predicted octanol–water partition coefficient (Wildman–Crippen LogP) is 2.08. The fourth-order valence-electron chi connectivity index (χ4n) is 5.79. The van der Waals surface area contributed by atoms with E-state index in [9.17, 15) is 36.4 Å². The Labute approximate surface area is 267 Å². The molecule has 3 rings (SSSR count). The third kappa shape index (κ3) is 9.77. The summed E-state index contributed by atoms with van der Waals surface area (Å²) in [5.74, 6) is -1.11. The van der Waals surface area contributed by atoms with Crippen LogP contribution in [-0.4, -0.2) is 105 Å². The van der Waals surface area contributed by atoms with Crippen LogP contribution in [-0.2, 0) is 10.0 Å². The second-order valence-corrected chi connectivity index (χ2v) is 13.3. The summed E-state index contributed by atoms with van der Waals surface area (Å²) >= 11 is 0. The Morgan fingerprint density at radius 1 is 1.26 bits per heavy atom. The van der Waals surface area contributed by atoms with Gasteiger partial charge in [0, 0.05) is 56.9 Å². The van der Waals surface area contributed by atoms with Gasteiger partial charge in [-0.1, -0.05) is 25.5 Å². The molecule has 1 saturated heterocycles. The Morgan fingerprint density at radius 2 is 2.00 bits per heavy atom. The average molecular weight is 672 g/mol. The number of nitrogens with one attached hydrogen (secondary N) is 3. The zero-order valence-electron chi connectivity index (χ0n) is 26.5. The minimum absolute atomic E-state index is 0.0724. The number of aromatic amines is 1. The lowest BCUT2D eigenvalue weighted by Crippen LogP contribution is -2.57. The summed E-state index contributed by atoms with van der Waals surface area (Å²) in [5.41, 5.74) is 1.66. The fourth-order valence-corrected chi connectivity index (χ4v) is 6.33. The molecule has 1 aromatic rings. The lowest BCUT2D eigenvalue weighted by Gasteiger charge is -2.45. The Balaban J connectivity index is 1.57. The van der Waals surface area contributed by atoms with Crippen molar-refractivity contribution < 1.29 is 26.4 Å². The second kappa shape index (κ2) is 16.4. The van der Waals surface area contributed by atoms with E-state index in [1.807, 2.05) is 11.0 Å². The number of H-pyrrole nitrogens is 1. The molecule has 0 bridgehead atoms. The van der Waals surface area contributed by atoms with Gasteiger partial charge in [0.1, 0.15) is 5.69 Å². The van der Waals surface area contributed by atoms with Crippen molar-refractivity contribution in [3.63, 3.8) is 0 Å². The molecule has 1 amide bonds. The second-order valence-electron chi connectivity index (χ2n) is 11.6. The molecule has 1 aromatic heterocycles. The number of aromatic nitrogens is 2. The highest BCUT2D eigenvalue weighted by Gasteiger charge is 2.45. The van der Waals surface area contributed by atoms with E-state index in [1.165, 1.54) is 10.3 Å². The lowest BCUT2D eigenvalue weighted by atomic mass is 10.0. The first-order valence-electron chi connectivity index (χ1n) is 15.4. The number of piperazine rings is 1. The quantitative estimate of drug-likeness (QED) is 0.214. The van der Waals surface area contributed by atoms with Gasteiger partial charge in [0.25, 0.3) is 11.5 Å². The third-order valence-electron chi connectivity index (χ3n) is 8.32. The molecule has 5 N–H and O–H groups in total. The van der Waals surface area contributed by atoms with Crippen LogP contribution in [0.4, 0.5) is 24.8 Å². The van der Waals surface area contributed by atoms with Gasteiger partial charge in [-0.2, -0.15) is 18.4 Å². The summed E-state index contributed by atoms with van der Waals surface area (Å²) in [6.07, 6.45) is 9.60. The predicted molar refractivity (Wildman–Crippen MR) is 169 cm³/mol. The van der Waals surface area contributed by atoms with Gasteiger partial charge in [0.15, 0.2) is 11.6 Å². The Kier molecular flexibility index (Phi) is 13.2. The normalized spacial score (nSPS) is 18.8. The van der Waals surface area contributed by atoms with Crippen LogP contribution in [0.2, 0.25) is 0 Å². The van der Waals surface area contributed by atoms with E-state index < -0.39 is 40.1 Å². The number of hydrogen-bond donors (Lipinski definition) is 4. The van der Waals surface area contributed by atoms with Gasteiger partial charge < -0.3 is 25.8 Å². The van der Waals surface area contributed by atoms with Crippen molar-refractivity contribution >= 4 is 27.6 Å². The molecule has 0 saturated carbocycles. The molecule has 0 radical (unpaired) electrons. The molecule has 256 valence electrons. The zero-order chi connectivity index (χ0) is 34.1. The summed E-state index contributed by atoms with van der Waals surface area (Å²) in [6.45, 7) is 6.58. The van der Waals surface area contributed by atoms with Crippen LogP contribution in [0.5, 0.6) is 0 Å². The highest BCUT2D eigenvalue weighted by atomic mass is 32.2. The molecule has 1 aliphatic carbocycles. The number of sulfonamides is 1. The van der Waals surface area contributed by atoms with Crippen molar-refractivity contribution in [2.24, 2.45) is 0 Å². The summed E-state index contributed by atoms with van der Waals surface area (Å²) in [6, 6.07) is 2.74. The van der Waals surface area contributed by atoms with Crippen LogP contribution in [0.25, 0.3) is 0 Å². The Bertz CT molecular complexity index is 1490. The lowest BCUT2D eigenvalue weighted by molar-refractivity contribution is -0.0447. The monoisotopic (exact) mass is 671 g/mol. The maximum absolute atomic E-state index is 13.0. The average Bonchev–Trinajstić information content (AvgIpc) is 3.24. The minimum Gasteiger partial charge on any atom is -0.382 e. The van der Waals surface area contributed by atoms with Crippen molar-refractivity contribution in [3.8, 4) is 6.07 Å². The number of nitrogens with zero attached hydrogens (tertiary/aromatic N) is 5. The van der Waals surface area contributed by atoms with Crippen LogP contribution in [0.1, 0.15) is 62.9 Å². The summed E-state index contributed by atoms with van der Waals surface area (Å²) < 4.78 is 60.8. The van der Waals surface area contributed by atoms with Gasteiger partial charge >= 0.3 is 15.5 Å². The van der Waals surface area contributed by atoms with E-state index in [1.54, 1.807) is 0 Å². The number of carbonyl (C=O) groups excluding carboxylic acids is 1. The minimum atomic E-state index is -5.55. The molecule has 1 aliphatic heterocycles. The summed E-state index contributed by atoms with van der Waals surface area (Å²) in [5, 5.41) is 11.4. The smallest absolute Gasteiger partial charge is 0.382 e. The number of hydrogen-bond acceptors (Lipinski definition) is 10. The molecule has 2 unspecified atom stereocenters. The van der Waals surface area contributed by atoms with Gasteiger partial charge in [0.05, 0.1) is 6.07 Å². The van der Waals surface area contributed by atoms with Gasteiger partial charge in [0.2, 0.25) is 0 Å². The maximum Gasteiger partial charge on any atom is 0.511 e. The molecule has 46 heavy (non-hydrogen) atoms. The van der Waals surface area contributed by atoms with Crippen LogP contribution in [0.15, 0.2) is 28.1 Å². The molecule has 1 fully saturated rings. The molecule has 0 aromatic carbocycles. The topological polar surface area (TPSA) is 181 Å². The zero-order valence-corrected chi connectivity index (χ0v) is 27.3. The number of allylic oxidation sites excluding steroid dienone is 3. The molecule has 2 atom stereocenters. The standard InChI is InChI=1S/C29H44F3N9O4S/c1-4-22(11-14-39(3)18-21-8-6-7-20(17-33)9-10-21)41-16-15-40(19-23(41)5-2)26-28(43)37-24(25(34)38-26)27(42)35-12-13-36-46(44,45)29(30,31)32/h9-10,22-23,36H,4-8,11-16,18-19H2,1-3H3,(H2,34,38)(H,35,42)(H,37,43). The van der Waals surface area contributed by atoms with Crippen LogP contribution < -0.4 is 26.2 Å². The molecule has 0 spiro atoms. The highest BCUT2D eigenvalue weighted by molar-refractivity contribution is 7.90. The first-order valence-corrected chi connectivity index (χ1v) is 16.9. The number of carbonyl (C=O) groups is 1. The van der Waals surface area contributed by atoms with Crippen LogP contribution in [0, 0.1) is 11.3 Å². The maximum atomic E-state index is 13.0. The van der Waals surface area contributed by atoms with Crippen molar-refractivity contribution in [1.82, 2.24) is 29.8 Å². The Morgan fingerprint density at radius 3 is 2.65 bits per heavy atom. The summed E-state index contributed by atoms with van der Waals surface area (Å²) in [4.78, 5) is 38.7. The fraction of sp³-hybridized carbons (Fsp3) is 0.655. The van der Waals surface area contributed by atoms with E-state index in [0.717, 1.165) is 57.2 Å². The third-order valence-corrected chi connectivity index (χ3v) is 9.52. The van der Waals surface area contributed by atoms with E-state index >= 15 is 0 Å². The molecular formula is C29H44F3N9O4S. The van der Waals surface area contributed by atoms with Crippen LogP contribution >= 0.6 is 0 Å². The number of amides is 1. The molecule has 13 nitrogen and oxygen atoms in total. The van der Waals surface area contributed by atoms with Crippen molar-refractivity contribution in [2.45, 2.75) is 70.0 Å². The van der Waals surface area contributed by atoms with Gasteiger partial charge in [-0.05, 0) is 58.2 Å². The van der Waals surface area contributed by atoms with E-state index in [4.69, 9.17) is 5.73 Å². The number of likely N-dealkylation sites (N-methyl/N-ethyl adjacent to an activating group) is 1. The van der Waals surface area contributed by atoms with Gasteiger partial charge in [-0.3, -0.25) is 14.5 Å². The van der Waals surface area contributed by atoms with Crippen molar-refractivity contribution in [2.75, 3.05) is 63.5 Å². The number of rotatable bonds is 14. The van der Waals surface area contributed by atoms with E-state index in [-0.39, 0.29) is 23.4 Å². The molecule has 2 aliphatic rings. The van der Waals surface area contributed by atoms with Crippen molar-refractivity contribution in [1.29, 1.82) is 5.26 Å².